The fraction of sp³-hybridized carbons (Fsp3) is 0.333. The third kappa shape index (κ3) is 7.60. The quantitative estimate of drug-likeness (QED) is 0.488. The van der Waals surface area contributed by atoms with Crippen LogP contribution in [0.3, 0.4) is 0 Å². The zero-order valence-corrected chi connectivity index (χ0v) is 21.1. The van der Waals surface area contributed by atoms with Crippen LogP contribution in [0.5, 0.6) is 0 Å². The number of terminal acetylenes is 1. The summed E-state index contributed by atoms with van der Waals surface area (Å²) in [6, 6.07) is 11.3. The van der Waals surface area contributed by atoms with Gasteiger partial charge in [0.2, 0.25) is 11.8 Å². The van der Waals surface area contributed by atoms with Crippen molar-refractivity contribution in [2.75, 3.05) is 12.4 Å². The van der Waals surface area contributed by atoms with Gasteiger partial charge in [-0.3, -0.25) is 14.4 Å². The molecule has 0 aliphatic heterocycles. The number of alkyl carbamates (subject to hydrolysis) is 1. The van der Waals surface area contributed by atoms with E-state index in [9.17, 15) is 19.2 Å². The molecule has 0 aromatic heterocycles. The molecular weight excluding hydrogens is 460 g/mol. The first-order valence-corrected chi connectivity index (χ1v) is 11.3. The summed E-state index contributed by atoms with van der Waals surface area (Å²) in [4.78, 5) is 52.3. The summed E-state index contributed by atoms with van der Waals surface area (Å²) in [6.45, 7) is 6.81. The molecule has 0 saturated heterocycles. The maximum Gasteiger partial charge on any atom is 0.408 e. The van der Waals surface area contributed by atoms with Crippen molar-refractivity contribution >= 4 is 29.5 Å². The number of nitrogens with one attached hydrogen (secondary N) is 2. The number of rotatable bonds is 8. The van der Waals surface area contributed by atoms with E-state index >= 15 is 0 Å². The van der Waals surface area contributed by atoms with Crippen LogP contribution in [-0.2, 0) is 19.1 Å². The standard InChI is InChI=1S/C27H32N4O5/c1-7-18-13-9-10-14-19(18)23(24(33)29-20-15-11-8-12-17(20)2)31(6)25(34)21(16-22(28)32)30-26(35)36-27(3,4)5/h1,8-15,21,23H,16H2,2-6H3,(H2,28,32)(H,29,33)(H,30,35). The predicted octanol–water partition coefficient (Wildman–Crippen LogP) is 2.88. The number of carbonyl (C=O) groups excluding carboxylic acids is 4. The van der Waals surface area contributed by atoms with Crippen LogP contribution in [0.25, 0.3) is 0 Å². The molecule has 2 aromatic rings. The summed E-state index contributed by atoms with van der Waals surface area (Å²) in [5.74, 6) is 0.465. The van der Waals surface area contributed by atoms with Gasteiger partial charge in [0.05, 0.1) is 6.42 Å². The summed E-state index contributed by atoms with van der Waals surface area (Å²) in [7, 11) is 1.39. The Morgan fingerprint density at radius 2 is 1.69 bits per heavy atom. The van der Waals surface area contributed by atoms with Gasteiger partial charge in [0.25, 0.3) is 5.91 Å². The van der Waals surface area contributed by atoms with Gasteiger partial charge < -0.3 is 26.0 Å². The van der Waals surface area contributed by atoms with E-state index in [0.29, 0.717) is 16.8 Å². The Morgan fingerprint density at radius 1 is 1.08 bits per heavy atom. The molecule has 0 radical (unpaired) electrons. The van der Waals surface area contributed by atoms with Crippen LogP contribution in [0.15, 0.2) is 48.5 Å². The maximum atomic E-state index is 13.6. The second kappa shape index (κ2) is 11.9. The number of carbonyl (C=O) groups is 4. The highest BCUT2D eigenvalue weighted by Gasteiger charge is 2.35. The lowest BCUT2D eigenvalue weighted by Crippen LogP contribution is -2.52. The number of ether oxygens (including phenoxy) is 1. The Kier molecular flexibility index (Phi) is 9.22. The van der Waals surface area contributed by atoms with Crippen LogP contribution in [0, 0.1) is 19.3 Å². The molecule has 9 heteroatoms. The molecule has 0 aliphatic carbocycles. The first-order chi connectivity index (χ1) is 16.8. The minimum Gasteiger partial charge on any atom is -0.444 e. The molecule has 0 heterocycles. The number of para-hydroxylation sites is 1. The van der Waals surface area contributed by atoms with Crippen molar-refractivity contribution in [3.63, 3.8) is 0 Å². The number of hydrogen-bond donors (Lipinski definition) is 3. The largest absolute Gasteiger partial charge is 0.444 e. The molecule has 2 rings (SSSR count). The Balaban J connectivity index is 2.46. The van der Waals surface area contributed by atoms with Crippen LogP contribution < -0.4 is 16.4 Å². The monoisotopic (exact) mass is 492 g/mol. The molecule has 2 atom stereocenters. The topological polar surface area (TPSA) is 131 Å². The smallest absolute Gasteiger partial charge is 0.408 e. The van der Waals surface area contributed by atoms with Gasteiger partial charge in [-0.25, -0.2) is 4.79 Å². The van der Waals surface area contributed by atoms with Crippen molar-refractivity contribution in [3.05, 3.63) is 65.2 Å². The minimum absolute atomic E-state index is 0.400. The molecule has 0 saturated carbocycles. The van der Waals surface area contributed by atoms with Crippen molar-refractivity contribution in [3.8, 4) is 12.3 Å². The number of anilines is 1. The Morgan fingerprint density at radius 3 is 2.28 bits per heavy atom. The van der Waals surface area contributed by atoms with E-state index in [-0.39, 0.29) is 0 Å². The summed E-state index contributed by atoms with van der Waals surface area (Å²) in [5, 5.41) is 5.24. The van der Waals surface area contributed by atoms with Crippen molar-refractivity contribution in [2.45, 2.75) is 51.8 Å². The number of amides is 4. The van der Waals surface area contributed by atoms with Crippen LogP contribution >= 0.6 is 0 Å². The van der Waals surface area contributed by atoms with Crippen LogP contribution in [0.2, 0.25) is 0 Å². The molecule has 0 fully saturated rings. The van der Waals surface area contributed by atoms with Gasteiger partial charge in [0, 0.05) is 18.3 Å². The molecule has 2 unspecified atom stereocenters. The van der Waals surface area contributed by atoms with E-state index in [1.54, 1.807) is 57.2 Å². The number of nitrogens with zero attached hydrogens (tertiary/aromatic N) is 1. The number of benzene rings is 2. The lowest BCUT2D eigenvalue weighted by Gasteiger charge is -2.32. The second-order valence-corrected chi connectivity index (χ2v) is 9.26. The first-order valence-electron chi connectivity index (χ1n) is 11.3. The second-order valence-electron chi connectivity index (χ2n) is 9.26. The Labute approximate surface area is 211 Å². The van der Waals surface area contributed by atoms with E-state index in [1.165, 1.54) is 7.05 Å². The molecule has 0 aliphatic rings. The van der Waals surface area contributed by atoms with Gasteiger partial charge in [-0.2, -0.15) is 0 Å². The van der Waals surface area contributed by atoms with Gasteiger partial charge >= 0.3 is 6.09 Å². The third-order valence-electron chi connectivity index (χ3n) is 5.19. The molecule has 2 aromatic carbocycles. The SMILES string of the molecule is C#Cc1ccccc1C(C(=O)Nc1ccccc1C)N(C)C(=O)C(CC(N)=O)NC(=O)OC(C)(C)C. The molecule has 4 amide bonds. The Hall–Kier alpha value is -4.32. The van der Waals surface area contributed by atoms with Crippen molar-refractivity contribution in [2.24, 2.45) is 5.73 Å². The van der Waals surface area contributed by atoms with Crippen molar-refractivity contribution in [1.29, 1.82) is 0 Å². The zero-order valence-electron chi connectivity index (χ0n) is 21.1. The van der Waals surface area contributed by atoms with Crippen molar-refractivity contribution in [1.82, 2.24) is 10.2 Å². The molecular formula is C27H32N4O5. The number of likely N-dealkylation sites (N-methyl/N-ethyl adjacent to an activating group) is 1. The number of primary amides is 1. The average Bonchev–Trinajstić information content (AvgIpc) is 2.78. The minimum atomic E-state index is -1.37. The van der Waals surface area contributed by atoms with Crippen LogP contribution in [0.1, 0.15) is 49.9 Å². The van der Waals surface area contributed by atoms with E-state index in [4.69, 9.17) is 16.9 Å². The molecule has 4 N–H and O–H groups in total. The third-order valence-corrected chi connectivity index (χ3v) is 5.19. The van der Waals surface area contributed by atoms with E-state index < -0.39 is 47.9 Å². The fourth-order valence-electron chi connectivity index (χ4n) is 3.53. The van der Waals surface area contributed by atoms with Crippen molar-refractivity contribution < 1.29 is 23.9 Å². The van der Waals surface area contributed by atoms with Gasteiger partial charge in [0.1, 0.15) is 17.7 Å². The van der Waals surface area contributed by atoms with E-state index in [2.05, 4.69) is 16.6 Å². The Bertz CT molecular complexity index is 1180. The van der Waals surface area contributed by atoms with Gasteiger partial charge in [-0.1, -0.05) is 42.3 Å². The van der Waals surface area contributed by atoms with Gasteiger partial charge in [0.15, 0.2) is 0 Å². The lowest BCUT2D eigenvalue weighted by molar-refractivity contribution is -0.140. The molecule has 0 spiro atoms. The first kappa shape index (κ1) is 27.9. The fourth-order valence-corrected chi connectivity index (χ4v) is 3.53. The highest BCUT2D eigenvalue weighted by molar-refractivity contribution is 6.00. The highest BCUT2D eigenvalue weighted by atomic mass is 16.6. The molecule has 9 nitrogen and oxygen atoms in total. The number of aryl methyl sites for hydroxylation is 1. The maximum absolute atomic E-state index is 13.6. The molecule has 0 bridgehead atoms. The summed E-state index contributed by atoms with van der Waals surface area (Å²) < 4.78 is 5.22. The lowest BCUT2D eigenvalue weighted by atomic mass is 9.97. The average molecular weight is 493 g/mol. The highest BCUT2D eigenvalue weighted by Crippen LogP contribution is 2.27. The van der Waals surface area contributed by atoms with Crippen LogP contribution in [0.4, 0.5) is 10.5 Å². The van der Waals surface area contributed by atoms with Crippen LogP contribution in [-0.4, -0.2) is 47.4 Å². The molecule has 190 valence electrons. The number of nitrogens with two attached hydrogens (primary N) is 1. The van der Waals surface area contributed by atoms with Gasteiger partial charge in [-0.05, 0) is 51.0 Å². The number of hydrogen-bond acceptors (Lipinski definition) is 5. The summed E-state index contributed by atoms with van der Waals surface area (Å²) >= 11 is 0. The normalized spacial score (nSPS) is 12.4. The zero-order chi connectivity index (χ0) is 27.0. The van der Waals surface area contributed by atoms with E-state index in [0.717, 1.165) is 10.5 Å². The summed E-state index contributed by atoms with van der Waals surface area (Å²) in [5.41, 5.74) is 6.70. The summed E-state index contributed by atoms with van der Waals surface area (Å²) in [6.07, 6.45) is 4.27. The molecule has 36 heavy (non-hydrogen) atoms. The van der Waals surface area contributed by atoms with Gasteiger partial charge in [-0.15, -0.1) is 6.42 Å². The predicted molar refractivity (Wildman–Crippen MR) is 137 cm³/mol. The van der Waals surface area contributed by atoms with E-state index in [1.807, 2.05) is 19.1 Å².